The lowest BCUT2D eigenvalue weighted by atomic mass is 10.1. The number of nitrogens with zero attached hydrogens (tertiary/aromatic N) is 1. The second-order valence-corrected chi connectivity index (χ2v) is 7.08. The van der Waals surface area contributed by atoms with E-state index in [0.29, 0.717) is 13.0 Å². The van der Waals surface area contributed by atoms with Gasteiger partial charge in [-0.15, -0.1) is 11.3 Å². The minimum Gasteiger partial charge on any atom is -0.356 e. The first-order valence-electron chi connectivity index (χ1n) is 7.75. The largest absolute Gasteiger partial charge is 0.356 e. The van der Waals surface area contributed by atoms with Gasteiger partial charge < -0.3 is 5.32 Å². The maximum Gasteiger partial charge on any atom is 0.220 e. The van der Waals surface area contributed by atoms with Crippen molar-refractivity contribution in [2.75, 3.05) is 6.54 Å². The summed E-state index contributed by atoms with van der Waals surface area (Å²) < 4.78 is 0. The van der Waals surface area contributed by atoms with Crippen LogP contribution >= 0.6 is 11.3 Å². The van der Waals surface area contributed by atoms with E-state index in [2.05, 4.69) is 10.3 Å². The van der Waals surface area contributed by atoms with Crippen LogP contribution < -0.4 is 5.32 Å². The van der Waals surface area contributed by atoms with Crippen molar-refractivity contribution < 1.29 is 9.59 Å². The summed E-state index contributed by atoms with van der Waals surface area (Å²) in [7, 11) is 0. The number of rotatable bonds is 7. The predicted molar refractivity (Wildman–Crippen MR) is 93.0 cm³/mol. The lowest BCUT2D eigenvalue weighted by Crippen LogP contribution is -2.26. The third-order valence-electron chi connectivity index (χ3n) is 3.57. The van der Waals surface area contributed by atoms with E-state index < -0.39 is 0 Å². The molecule has 0 fully saturated rings. The lowest BCUT2D eigenvalue weighted by molar-refractivity contribution is -0.121. The van der Waals surface area contributed by atoms with Crippen molar-refractivity contribution in [1.29, 1.82) is 0 Å². The number of thiophene rings is 1. The molecule has 1 N–H and O–H groups in total. The van der Waals surface area contributed by atoms with Crippen LogP contribution in [0.4, 0.5) is 0 Å². The fourth-order valence-corrected chi connectivity index (χ4v) is 3.37. The quantitative estimate of drug-likeness (QED) is 0.792. The van der Waals surface area contributed by atoms with Crippen LogP contribution in [0.25, 0.3) is 0 Å². The number of amides is 1. The molecule has 0 spiro atoms. The molecule has 0 saturated heterocycles. The van der Waals surface area contributed by atoms with Crippen LogP contribution in [0.15, 0.2) is 24.3 Å². The zero-order chi connectivity index (χ0) is 16.8. The van der Waals surface area contributed by atoms with Gasteiger partial charge in [-0.2, -0.15) is 0 Å². The third kappa shape index (κ3) is 5.28. The molecule has 4 nitrogen and oxygen atoms in total. The van der Waals surface area contributed by atoms with E-state index in [1.54, 1.807) is 11.3 Å². The van der Waals surface area contributed by atoms with Crippen molar-refractivity contribution in [2.24, 2.45) is 0 Å². The van der Waals surface area contributed by atoms with Crippen molar-refractivity contribution in [2.45, 2.75) is 40.0 Å². The molecule has 2 aromatic heterocycles. The highest BCUT2D eigenvalue weighted by atomic mass is 32.1. The Morgan fingerprint density at radius 1 is 1.17 bits per heavy atom. The van der Waals surface area contributed by atoms with Gasteiger partial charge in [0.05, 0.1) is 0 Å². The average molecular weight is 330 g/mol. The number of carbonyl (C=O) groups is 2. The molecule has 23 heavy (non-hydrogen) atoms. The number of Topliss-reactive ketones (excluding diaryl/α,β-unsaturated/α-hetero) is 1. The van der Waals surface area contributed by atoms with Crippen LogP contribution in [-0.4, -0.2) is 23.2 Å². The summed E-state index contributed by atoms with van der Waals surface area (Å²) in [6, 6.07) is 7.76. The average Bonchev–Trinajstić information content (AvgIpc) is 2.84. The van der Waals surface area contributed by atoms with Crippen LogP contribution in [0.1, 0.15) is 44.3 Å². The molecule has 2 heterocycles. The van der Waals surface area contributed by atoms with Crippen LogP contribution in [0.2, 0.25) is 0 Å². The number of aromatic nitrogens is 1. The molecule has 0 aliphatic heterocycles. The maximum atomic E-state index is 12.1. The van der Waals surface area contributed by atoms with Gasteiger partial charge in [0.25, 0.3) is 0 Å². The van der Waals surface area contributed by atoms with Gasteiger partial charge in [-0.05, 0) is 39.0 Å². The molecule has 2 rings (SSSR count). The van der Waals surface area contributed by atoms with Crippen LogP contribution in [0, 0.1) is 20.8 Å². The molecular formula is C18H22N2O2S. The maximum absolute atomic E-state index is 12.1. The Kier molecular flexibility index (Phi) is 6.04. The Morgan fingerprint density at radius 2 is 1.96 bits per heavy atom. The Labute approximate surface area is 141 Å². The normalized spacial score (nSPS) is 10.6. The Bertz CT molecular complexity index is 707. The van der Waals surface area contributed by atoms with Crippen LogP contribution in [0.3, 0.4) is 0 Å². The number of hydrogen-bond donors (Lipinski definition) is 1. The zero-order valence-electron chi connectivity index (χ0n) is 13.8. The van der Waals surface area contributed by atoms with Gasteiger partial charge >= 0.3 is 0 Å². The monoisotopic (exact) mass is 330 g/mol. The van der Waals surface area contributed by atoms with Gasteiger partial charge in [0.2, 0.25) is 5.91 Å². The Morgan fingerprint density at radius 3 is 2.61 bits per heavy atom. The third-order valence-corrected chi connectivity index (χ3v) is 4.54. The smallest absolute Gasteiger partial charge is 0.220 e. The summed E-state index contributed by atoms with van der Waals surface area (Å²) in [6.45, 7) is 6.42. The van der Waals surface area contributed by atoms with Crippen molar-refractivity contribution in [3.63, 3.8) is 0 Å². The number of pyridine rings is 1. The summed E-state index contributed by atoms with van der Waals surface area (Å²) in [5, 5.41) is 2.85. The Hall–Kier alpha value is -2.01. The van der Waals surface area contributed by atoms with Gasteiger partial charge in [-0.25, -0.2) is 0 Å². The highest BCUT2D eigenvalue weighted by molar-refractivity contribution is 7.12. The van der Waals surface area contributed by atoms with E-state index >= 15 is 0 Å². The summed E-state index contributed by atoms with van der Waals surface area (Å²) in [4.78, 5) is 30.5. The molecule has 0 saturated carbocycles. The van der Waals surface area contributed by atoms with Gasteiger partial charge in [0.1, 0.15) is 0 Å². The molecule has 2 aromatic rings. The highest BCUT2D eigenvalue weighted by Crippen LogP contribution is 2.22. The number of nitrogens with one attached hydrogen (secondary N) is 1. The minimum absolute atomic E-state index is 0.0438. The standard InChI is InChI=1S/C18H22N2O2S/c1-12-5-4-6-15(20-12)9-10-19-18(22)8-7-17(21)16-11-13(2)23-14(16)3/h4-6,11H,7-10H2,1-3H3,(H,19,22). The minimum atomic E-state index is -0.0874. The van der Waals surface area contributed by atoms with Crippen molar-refractivity contribution in [3.8, 4) is 0 Å². The van der Waals surface area contributed by atoms with E-state index in [4.69, 9.17) is 0 Å². The molecule has 0 aromatic carbocycles. The number of carbonyl (C=O) groups excluding carboxylic acids is 2. The molecule has 0 bridgehead atoms. The van der Waals surface area contributed by atoms with E-state index in [1.807, 2.05) is 45.0 Å². The lowest BCUT2D eigenvalue weighted by Gasteiger charge is -2.05. The first-order valence-corrected chi connectivity index (χ1v) is 8.57. The fraction of sp³-hybridized carbons (Fsp3) is 0.389. The van der Waals surface area contributed by atoms with Gasteiger partial charge in [0, 0.05) is 52.5 Å². The molecule has 0 atom stereocenters. The van der Waals surface area contributed by atoms with Crippen molar-refractivity contribution in [1.82, 2.24) is 10.3 Å². The van der Waals surface area contributed by atoms with Crippen LogP contribution in [0.5, 0.6) is 0 Å². The molecule has 0 radical (unpaired) electrons. The van der Waals surface area contributed by atoms with E-state index in [0.717, 1.165) is 26.7 Å². The van der Waals surface area contributed by atoms with Gasteiger partial charge in [0.15, 0.2) is 5.78 Å². The van der Waals surface area contributed by atoms with Crippen LogP contribution in [-0.2, 0) is 11.2 Å². The summed E-state index contributed by atoms with van der Waals surface area (Å²) in [6.07, 6.45) is 1.18. The number of hydrogen-bond acceptors (Lipinski definition) is 4. The van der Waals surface area contributed by atoms with Gasteiger partial charge in [-0.1, -0.05) is 6.07 Å². The molecule has 0 aliphatic rings. The van der Waals surface area contributed by atoms with Crippen molar-refractivity contribution >= 4 is 23.0 Å². The number of ketones is 1. The molecule has 5 heteroatoms. The molecule has 1 amide bonds. The number of aryl methyl sites for hydroxylation is 3. The van der Waals surface area contributed by atoms with E-state index in [9.17, 15) is 9.59 Å². The zero-order valence-corrected chi connectivity index (χ0v) is 14.6. The molecule has 122 valence electrons. The molecule has 0 aliphatic carbocycles. The van der Waals surface area contributed by atoms with E-state index in [-0.39, 0.29) is 24.5 Å². The topological polar surface area (TPSA) is 59.1 Å². The second kappa shape index (κ2) is 8.02. The van der Waals surface area contributed by atoms with Crippen molar-refractivity contribution in [3.05, 3.63) is 51.0 Å². The summed E-state index contributed by atoms with van der Waals surface area (Å²) in [5.41, 5.74) is 2.69. The highest BCUT2D eigenvalue weighted by Gasteiger charge is 2.13. The molecule has 0 unspecified atom stereocenters. The van der Waals surface area contributed by atoms with Gasteiger partial charge in [-0.3, -0.25) is 14.6 Å². The van der Waals surface area contributed by atoms with E-state index in [1.165, 1.54) is 0 Å². The Balaban J connectivity index is 1.73. The summed E-state index contributed by atoms with van der Waals surface area (Å²) >= 11 is 1.62. The molecular weight excluding hydrogens is 308 g/mol. The fourth-order valence-electron chi connectivity index (χ4n) is 2.43. The summed E-state index contributed by atoms with van der Waals surface area (Å²) in [5.74, 6) is -0.0436. The second-order valence-electron chi connectivity index (χ2n) is 5.62. The first-order chi connectivity index (χ1) is 11.0. The SMILES string of the molecule is Cc1cccc(CCNC(=O)CCC(=O)c2cc(C)sc2C)n1. The first kappa shape index (κ1) is 17.3. The predicted octanol–water partition coefficient (Wildman–Crippen LogP) is 3.39.